The van der Waals surface area contributed by atoms with Crippen molar-refractivity contribution in [2.45, 2.75) is 30.8 Å². The van der Waals surface area contributed by atoms with Crippen LogP contribution in [0.3, 0.4) is 0 Å². The molecule has 0 bridgehead atoms. The number of carbonyl (C=O) groups excluding carboxylic acids is 1. The molecule has 1 N–H and O–H groups in total. The molecule has 0 aliphatic heterocycles. The van der Waals surface area contributed by atoms with Gasteiger partial charge in [0, 0.05) is 30.3 Å². The zero-order chi connectivity index (χ0) is 25.2. The van der Waals surface area contributed by atoms with Crippen molar-refractivity contribution in [1.82, 2.24) is 9.55 Å². The Balaban J connectivity index is 1.46. The van der Waals surface area contributed by atoms with E-state index in [2.05, 4.69) is 5.32 Å². The standard InChI is InChI=1S/C27H28N4O3S2/c1-30(2)18-10-8-17(9-11-18)28-23(32)16-35-27-29-25-24(21-6-4-5-7-22(21)36-25)26(33)31(27)19-12-14-20(34-3)15-13-19/h8-15H,4-7,16H2,1-3H3,(H,28,32). The number of methoxy groups -OCH3 is 1. The fourth-order valence-electron chi connectivity index (χ4n) is 4.41. The van der Waals surface area contributed by atoms with E-state index >= 15 is 0 Å². The Kier molecular flexibility index (Phi) is 7.02. The van der Waals surface area contributed by atoms with E-state index in [1.165, 1.54) is 16.6 Å². The van der Waals surface area contributed by atoms with Crippen LogP contribution in [0.2, 0.25) is 0 Å². The van der Waals surface area contributed by atoms with Crippen LogP contribution >= 0.6 is 23.1 Å². The van der Waals surface area contributed by atoms with Crippen molar-refractivity contribution in [3.05, 3.63) is 69.3 Å². The van der Waals surface area contributed by atoms with Gasteiger partial charge in [0.2, 0.25) is 5.91 Å². The van der Waals surface area contributed by atoms with E-state index in [0.717, 1.165) is 52.8 Å². The molecule has 4 aromatic rings. The molecule has 186 valence electrons. The maximum absolute atomic E-state index is 13.8. The van der Waals surface area contributed by atoms with Crippen molar-refractivity contribution in [3.8, 4) is 11.4 Å². The Morgan fingerprint density at radius 3 is 2.53 bits per heavy atom. The molecule has 1 aliphatic carbocycles. The molecule has 0 atom stereocenters. The molecule has 0 saturated heterocycles. The highest BCUT2D eigenvalue weighted by Gasteiger charge is 2.23. The second kappa shape index (κ2) is 10.4. The number of benzene rings is 2. The Morgan fingerprint density at radius 1 is 1.11 bits per heavy atom. The van der Waals surface area contributed by atoms with Crippen molar-refractivity contribution in [2.75, 3.05) is 37.2 Å². The lowest BCUT2D eigenvalue weighted by Crippen LogP contribution is -2.23. The normalized spacial score (nSPS) is 12.9. The minimum atomic E-state index is -0.154. The molecule has 0 fully saturated rings. The molecule has 2 aromatic carbocycles. The van der Waals surface area contributed by atoms with Gasteiger partial charge in [-0.25, -0.2) is 4.98 Å². The fourth-order valence-corrected chi connectivity index (χ4v) is 6.53. The molecule has 0 radical (unpaired) electrons. The Morgan fingerprint density at radius 2 is 1.83 bits per heavy atom. The first-order chi connectivity index (χ1) is 17.4. The van der Waals surface area contributed by atoms with Crippen molar-refractivity contribution >= 4 is 50.6 Å². The topological polar surface area (TPSA) is 76.5 Å². The van der Waals surface area contributed by atoms with Crippen LogP contribution in [0.1, 0.15) is 23.3 Å². The second-order valence-corrected chi connectivity index (χ2v) is 10.9. The predicted molar refractivity (Wildman–Crippen MR) is 149 cm³/mol. The molecular formula is C27H28N4O3S2. The Hall–Kier alpha value is -3.30. The van der Waals surface area contributed by atoms with Gasteiger partial charge in [0.15, 0.2) is 5.16 Å². The number of aryl methyl sites for hydroxylation is 2. The number of rotatable bonds is 7. The van der Waals surface area contributed by atoms with Crippen molar-refractivity contribution in [3.63, 3.8) is 0 Å². The third-order valence-corrected chi connectivity index (χ3v) is 8.41. The van der Waals surface area contributed by atoms with Gasteiger partial charge in [-0.15, -0.1) is 11.3 Å². The van der Waals surface area contributed by atoms with E-state index in [9.17, 15) is 9.59 Å². The van der Waals surface area contributed by atoms with Crippen molar-refractivity contribution < 1.29 is 9.53 Å². The molecule has 5 rings (SSSR count). The van der Waals surface area contributed by atoms with E-state index in [1.807, 2.05) is 67.5 Å². The number of hydrogen-bond donors (Lipinski definition) is 1. The smallest absolute Gasteiger partial charge is 0.267 e. The minimum Gasteiger partial charge on any atom is -0.497 e. The van der Waals surface area contributed by atoms with Crippen molar-refractivity contribution in [2.24, 2.45) is 0 Å². The number of amides is 1. The molecule has 1 amide bonds. The number of thioether (sulfide) groups is 1. The number of aromatic nitrogens is 2. The van der Waals surface area contributed by atoms with Gasteiger partial charge in [-0.3, -0.25) is 14.2 Å². The summed E-state index contributed by atoms with van der Waals surface area (Å²) < 4.78 is 6.92. The Labute approximate surface area is 218 Å². The first-order valence-corrected chi connectivity index (χ1v) is 13.7. The monoisotopic (exact) mass is 520 g/mol. The van der Waals surface area contributed by atoms with Crippen LogP contribution in [-0.4, -0.2) is 42.4 Å². The van der Waals surface area contributed by atoms with E-state index in [-0.39, 0.29) is 17.2 Å². The van der Waals surface area contributed by atoms with Crippen LogP contribution in [0.25, 0.3) is 15.9 Å². The van der Waals surface area contributed by atoms with E-state index < -0.39 is 0 Å². The van der Waals surface area contributed by atoms with Crippen LogP contribution in [0.4, 0.5) is 11.4 Å². The number of nitrogens with one attached hydrogen (secondary N) is 1. The summed E-state index contributed by atoms with van der Waals surface area (Å²) >= 11 is 2.89. The molecule has 36 heavy (non-hydrogen) atoms. The summed E-state index contributed by atoms with van der Waals surface area (Å²) in [6, 6.07) is 15.0. The summed E-state index contributed by atoms with van der Waals surface area (Å²) in [5, 5.41) is 4.17. The highest BCUT2D eigenvalue weighted by atomic mass is 32.2. The predicted octanol–water partition coefficient (Wildman–Crippen LogP) is 5.13. The zero-order valence-electron chi connectivity index (χ0n) is 20.5. The molecule has 7 nitrogen and oxygen atoms in total. The number of thiophene rings is 1. The molecule has 2 aromatic heterocycles. The van der Waals surface area contributed by atoms with E-state index in [4.69, 9.17) is 9.72 Å². The summed E-state index contributed by atoms with van der Waals surface area (Å²) in [5.41, 5.74) is 3.56. The van der Waals surface area contributed by atoms with Crippen molar-refractivity contribution in [1.29, 1.82) is 0 Å². The number of hydrogen-bond acceptors (Lipinski definition) is 7. The quantitative estimate of drug-likeness (QED) is 0.269. The molecule has 0 saturated carbocycles. The van der Waals surface area contributed by atoms with Gasteiger partial charge in [0.05, 0.1) is 23.9 Å². The molecule has 0 unspecified atom stereocenters. The first kappa shape index (κ1) is 24.4. The lowest BCUT2D eigenvalue weighted by atomic mass is 9.97. The summed E-state index contributed by atoms with van der Waals surface area (Å²) in [5.74, 6) is 0.690. The summed E-state index contributed by atoms with van der Waals surface area (Å²) in [6.45, 7) is 0. The lowest BCUT2D eigenvalue weighted by Gasteiger charge is -2.14. The number of carbonyl (C=O) groups is 1. The SMILES string of the molecule is COc1ccc(-n2c(SCC(=O)Nc3ccc(N(C)C)cc3)nc3sc4c(c3c2=O)CCCC4)cc1. The fraction of sp³-hybridized carbons (Fsp3) is 0.296. The molecule has 0 spiro atoms. The van der Waals surface area contributed by atoms with E-state index in [1.54, 1.807) is 23.0 Å². The highest BCUT2D eigenvalue weighted by Crippen LogP contribution is 2.35. The van der Waals surface area contributed by atoms with Crippen LogP contribution in [-0.2, 0) is 17.6 Å². The number of fused-ring (bicyclic) bond motifs is 3. The van der Waals surface area contributed by atoms with Gasteiger partial charge in [-0.2, -0.15) is 0 Å². The number of nitrogens with zero attached hydrogens (tertiary/aromatic N) is 3. The largest absolute Gasteiger partial charge is 0.497 e. The molecule has 1 aliphatic rings. The second-order valence-electron chi connectivity index (χ2n) is 8.90. The van der Waals surface area contributed by atoms with E-state index in [0.29, 0.717) is 16.6 Å². The third-order valence-electron chi connectivity index (χ3n) is 6.29. The van der Waals surface area contributed by atoms with Gasteiger partial charge in [-0.05, 0) is 79.8 Å². The molecule has 2 heterocycles. The summed E-state index contributed by atoms with van der Waals surface area (Å²) in [6.07, 6.45) is 4.14. The number of anilines is 2. The van der Waals surface area contributed by atoms with Crippen LogP contribution < -0.4 is 20.5 Å². The van der Waals surface area contributed by atoms with Crippen LogP contribution in [0.5, 0.6) is 5.75 Å². The zero-order valence-corrected chi connectivity index (χ0v) is 22.2. The van der Waals surface area contributed by atoms with Crippen LogP contribution in [0, 0.1) is 0 Å². The summed E-state index contributed by atoms with van der Waals surface area (Å²) in [4.78, 5) is 35.5. The maximum atomic E-state index is 13.8. The van der Waals surface area contributed by atoms with Gasteiger partial charge in [0.1, 0.15) is 10.6 Å². The molecule has 9 heteroatoms. The maximum Gasteiger partial charge on any atom is 0.267 e. The van der Waals surface area contributed by atoms with Gasteiger partial charge in [0.25, 0.3) is 5.56 Å². The molecular weight excluding hydrogens is 492 g/mol. The highest BCUT2D eigenvalue weighted by molar-refractivity contribution is 7.99. The average molecular weight is 521 g/mol. The lowest BCUT2D eigenvalue weighted by molar-refractivity contribution is -0.113. The summed E-state index contributed by atoms with van der Waals surface area (Å²) in [7, 11) is 5.56. The average Bonchev–Trinajstić information content (AvgIpc) is 3.26. The number of ether oxygens (including phenoxy) is 1. The third kappa shape index (κ3) is 4.85. The van der Waals surface area contributed by atoms with Gasteiger partial charge in [-0.1, -0.05) is 11.8 Å². The van der Waals surface area contributed by atoms with Gasteiger partial charge < -0.3 is 15.0 Å². The van der Waals surface area contributed by atoms with Crippen LogP contribution in [0.15, 0.2) is 58.5 Å². The Bertz CT molecular complexity index is 1460. The minimum absolute atomic E-state index is 0.0771. The van der Waals surface area contributed by atoms with Gasteiger partial charge >= 0.3 is 0 Å². The first-order valence-electron chi connectivity index (χ1n) is 11.9.